The first kappa shape index (κ1) is 16.8. The zero-order chi connectivity index (χ0) is 18.7. The van der Waals surface area contributed by atoms with Crippen molar-refractivity contribution in [2.24, 2.45) is 0 Å². The SMILES string of the molecule is Cc1nn(-c2nc3ccccc3[nH]2)c2c1[C@H](c1sc(Cl)cc1Cl)CC(=O)N2. The fourth-order valence-corrected chi connectivity index (χ4v) is 5.28. The maximum absolute atomic E-state index is 12.4. The lowest BCUT2D eigenvalue weighted by atomic mass is 9.91. The van der Waals surface area contributed by atoms with E-state index < -0.39 is 0 Å². The molecule has 0 spiro atoms. The van der Waals surface area contributed by atoms with Crippen LogP contribution >= 0.6 is 34.5 Å². The van der Waals surface area contributed by atoms with E-state index in [0.717, 1.165) is 27.2 Å². The smallest absolute Gasteiger partial charge is 0.231 e. The second-order valence-electron chi connectivity index (χ2n) is 6.40. The van der Waals surface area contributed by atoms with Crippen molar-refractivity contribution in [3.63, 3.8) is 0 Å². The Bertz CT molecular complexity index is 1180. The molecule has 1 atom stereocenters. The van der Waals surface area contributed by atoms with E-state index in [2.05, 4.69) is 20.4 Å². The van der Waals surface area contributed by atoms with E-state index >= 15 is 0 Å². The number of imidazole rings is 1. The Morgan fingerprint density at radius 1 is 1.30 bits per heavy atom. The quantitative estimate of drug-likeness (QED) is 0.486. The number of aromatic nitrogens is 4. The summed E-state index contributed by atoms with van der Waals surface area (Å²) in [6.45, 7) is 1.92. The van der Waals surface area contributed by atoms with Crippen molar-refractivity contribution in [3.05, 3.63) is 55.8 Å². The molecule has 5 rings (SSSR count). The van der Waals surface area contributed by atoms with E-state index in [1.807, 2.05) is 31.2 Å². The number of H-pyrrole nitrogens is 1. The number of nitrogens with one attached hydrogen (secondary N) is 2. The lowest BCUT2D eigenvalue weighted by Gasteiger charge is -2.23. The molecule has 0 aliphatic carbocycles. The van der Waals surface area contributed by atoms with Crippen LogP contribution in [0.2, 0.25) is 9.36 Å². The lowest BCUT2D eigenvalue weighted by molar-refractivity contribution is -0.116. The molecule has 0 saturated heterocycles. The molecule has 1 aromatic carbocycles. The fourth-order valence-electron chi connectivity index (χ4n) is 3.56. The third-order valence-electron chi connectivity index (χ3n) is 4.68. The summed E-state index contributed by atoms with van der Waals surface area (Å²) < 4.78 is 2.25. The molecule has 1 aliphatic heterocycles. The van der Waals surface area contributed by atoms with Crippen molar-refractivity contribution in [2.45, 2.75) is 19.3 Å². The third kappa shape index (κ3) is 2.65. The molecule has 3 aromatic heterocycles. The number of carbonyl (C=O) groups excluding carboxylic acids is 1. The standard InChI is InChI=1S/C18H13Cl2N5OS/c1-8-15-9(16-10(19)7-13(20)27-16)6-14(26)23-17(15)25(24-8)18-21-11-4-2-3-5-12(11)22-18/h2-5,7,9H,6H2,1H3,(H,21,22)(H,23,26)/t9-/m1/s1. The molecule has 9 heteroatoms. The molecule has 0 radical (unpaired) electrons. The Hall–Kier alpha value is -2.35. The summed E-state index contributed by atoms with van der Waals surface area (Å²) in [5.74, 6) is 0.896. The molecule has 27 heavy (non-hydrogen) atoms. The van der Waals surface area contributed by atoms with Crippen molar-refractivity contribution in [2.75, 3.05) is 5.32 Å². The van der Waals surface area contributed by atoms with Crippen LogP contribution in [-0.4, -0.2) is 25.7 Å². The van der Waals surface area contributed by atoms with Gasteiger partial charge in [-0.3, -0.25) is 4.79 Å². The zero-order valence-corrected chi connectivity index (χ0v) is 16.4. The van der Waals surface area contributed by atoms with Crippen LogP contribution in [0.4, 0.5) is 5.82 Å². The van der Waals surface area contributed by atoms with Crippen molar-refractivity contribution in [3.8, 4) is 5.95 Å². The largest absolute Gasteiger partial charge is 0.322 e. The van der Waals surface area contributed by atoms with Gasteiger partial charge in [0, 0.05) is 22.8 Å². The van der Waals surface area contributed by atoms with E-state index in [1.54, 1.807) is 10.7 Å². The summed E-state index contributed by atoms with van der Waals surface area (Å²) >= 11 is 13.9. The van der Waals surface area contributed by atoms with Crippen LogP contribution in [0.15, 0.2) is 30.3 Å². The summed E-state index contributed by atoms with van der Waals surface area (Å²) in [7, 11) is 0. The van der Waals surface area contributed by atoms with Crippen LogP contribution in [0.1, 0.15) is 28.5 Å². The first-order chi connectivity index (χ1) is 13.0. The number of hydrogen-bond acceptors (Lipinski definition) is 4. The predicted octanol–water partition coefficient (Wildman–Crippen LogP) is 4.90. The highest BCUT2D eigenvalue weighted by atomic mass is 35.5. The molecule has 0 unspecified atom stereocenters. The molecule has 0 bridgehead atoms. The minimum atomic E-state index is -0.183. The summed E-state index contributed by atoms with van der Waals surface area (Å²) in [6, 6.07) is 9.45. The lowest BCUT2D eigenvalue weighted by Crippen LogP contribution is -2.24. The number of amides is 1. The number of para-hydroxylation sites is 2. The van der Waals surface area contributed by atoms with Crippen LogP contribution in [-0.2, 0) is 4.79 Å². The Kier molecular flexibility index (Phi) is 3.79. The molecular formula is C18H13Cl2N5OS. The number of hydrogen-bond donors (Lipinski definition) is 2. The molecule has 1 aliphatic rings. The number of halogens is 2. The maximum atomic E-state index is 12.4. The van der Waals surface area contributed by atoms with Gasteiger partial charge >= 0.3 is 0 Å². The highest BCUT2D eigenvalue weighted by Gasteiger charge is 2.35. The van der Waals surface area contributed by atoms with E-state index in [9.17, 15) is 4.79 Å². The number of fused-ring (bicyclic) bond motifs is 2. The Labute approximate surface area is 168 Å². The minimum absolute atomic E-state index is 0.0923. The first-order valence-corrected chi connectivity index (χ1v) is 9.87. The second kappa shape index (κ2) is 6.09. The monoisotopic (exact) mass is 417 g/mol. The number of anilines is 1. The number of aromatic amines is 1. The highest BCUT2D eigenvalue weighted by Crippen LogP contribution is 2.46. The average molecular weight is 418 g/mol. The van der Waals surface area contributed by atoms with Gasteiger partial charge in [0.1, 0.15) is 5.82 Å². The minimum Gasteiger partial charge on any atom is -0.322 e. The summed E-state index contributed by atoms with van der Waals surface area (Å²) in [5.41, 5.74) is 3.49. The molecule has 0 fully saturated rings. The topological polar surface area (TPSA) is 75.6 Å². The van der Waals surface area contributed by atoms with Crippen LogP contribution in [0, 0.1) is 6.92 Å². The van der Waals surface area contributed by atoms with E-state index in [-0.39, 0.29) is 11.8 Å². The van der Waals surface area contributed by atoms with Gasteiger partial charge in [-0.15, -0.1) is 11.3 Å². The van der Waals surface area contributed by atoms with E-state index in [1.165, 1.54) is 11.3 Å². The van der Waals surface area contributed by atoms with Gasteiger partial charge in [-0.1, -0.05) is 35.3 Å². The summed E-state index contributed by atoms with van der Waals surface area (Å²) in [6.07, 6.45) is 0.302. The highest BCUT2D eigenvalue weighted by molar-refractivity contribution is 7.16. The summed E-state index contributed by atoms with van der Waals surface area (Å²) in [5, 5.41) is 8.16. The Balaban J connectivity index is 1.70. The number of rotatable bonds is 2. The van der Waals surface area contributed by atoms with Gasteiger partial charge in [0.25, 0.3) is 0 Å². The molecule has 4 heterocycles. The molecule has 6 nitrogen and oxygen atoms in total. The normalized spacial score (nSPS) is 16.6. The average Bonchev–Trinajstić information content (AvgIpc) is 3.29. The second-order valence-corrected chi connectivity index (χ2v) is 8.53. The van der Waals surface area contributed by atoms with Crippen molar-refractivity contribution < 1.29 is 4.79 Å². The number of benzene rings is 1. The number of nitrogens with zero attached hydrogens (tertiary/aromatic N) is 3. The zero-order valence-electron chi connectivity index (χ0n) is 14.1. The molecule has 1 amide bonds. The molecule has 0 saturated carbocycles. The van der Waals surface area contributed by atoms with E-state index in [0.29, 0.717) is 27.5 Å². The molecule has 136 valence electrons. The van der Waals surface area contributed by atoms with Gasteiger partial charge in [-0.05, 0) is 25.1 Å². The van der Waals surface area contributed by atoms with Crippen LogP contribution in [0.5, 0.6) is 0 Å². The Morgan fingerprint density at radius 2 is 2.11 bits per heavy atom. The predicted molar refractivity (Wildman–Crippen MR) is 107 cm³/mol. The van der Waals surface area contributed by atoms with E-state index in [4.69, 9.17) is 23.2 Å². The van der Waals surface area contributed by atoms with Crippen molar-refractivity contribution in [1.82, 2.24) is 19.7 Å². The number of thiophene rings is 1. The first-order valence-electron chi connectivity index (χ1n) is 8.30. The van der Waals surface area contributed by atoms with Crippen LogP contribution < -0.4 is 5.32 Å². The summed E-state index contributed by atoms with van der Waals surface area (Å²) in [4.78, 5) is 21.2. The molecule has 2 N–H and O–H groups in total. The van der Waals surface area contributed by atoms with Gasteiger partial charge in [0.05, 0.1) is 26.1 Å². The maximum Gasteiger partial charge on any atom is 0.231 e. The third-order valence-corrected chi connectivity index (χ3v) is 6.48. The van der Waals surface area contributed by atoms with Gasteiger partial charge in [0.15, 0.2) is 0 Å². The van der Waals surface area contributed by atoms with Crippen LogP contribution in [0.3, 0.4) is 0 Å². The van der Waals surface area contributed by atoms with Gasteiger partial charge in [-0.2, -0.15) is 9.78 Å². The van der Waals surface area contributed by atoms with Crippen LogP contribution in [0.25, 0.3) is 17.0 Å². The Morgan fingerprint density at radius 3 is 2.85 bits per heavy atom. The molecular weight excluding hydrogens is 405 g/mol. The fraction of sp³-hybridized carbons (Fsp3) is 0.167. The number of aryl methyl sites for hydroxylation is 1. The number of carbonyl (C=O) groups is 1. The van der Waals surface area contributed by atoms with Gasteiger partial charge in [0.2, 0.25) is 11.9 Å². The van der Waals surface area contributed by atoms with Crippen molar-refractivity contribution >= 4 is 57.3 Å². The van der Waals surface area contributed by atoms with Gasteiger partial charge < -0.3 is 10.3 Å². The molecule has 4 aromatic rings. The van der Waals surface area contributed by atoms with Gasteiger partial charge in [-0.25, -0.2) is 4.98 Å². The van der Waals surface area contributed by atoms with Crippen molar-refractivity contribution in [1.29, 1.82) is 0 Å².